The van der Waals surface area contributed by atoms with E-state index in [1.807, 2.05) is 13.0 Å². The SMILES string of the molecule is CC(N)Cn1ccnc1C#N. The van der Waals surface area contributed by atoms with Crippen LogP contribution in [0.2, 0.25) is 0 Å². The number of nitrogens with two attached hydrogens (primary N) is 1. The van der Waals surface area contributed by atoms with Crippen LogP contribution < -0.4 is 5.73 Å². The van der Waals surface area contributed by atoms with Gasteiger partial charge in [-0.05, 0) is 6.92 Å². The summed E-state index contributed by atoms with van der Waals surface area (Å²) >= 11 is 0. The van der Waals surface area contributed by atoms with Gasteiger partial charge in [0.1, 0.15) is 6.07 Å². The molecule has 0 spiro atoms. The van der Waals surface area contributed by atoms with Crippen molar-refractivity contribution in [3.05, 3.63) is 18.2 Å². The van der Waals surface area contributed by atoms with E-state index < -0.39 is 0 Å². The smallest absolute Gasteiger partial charge is 0.212 e. The molecule has 58 valence electrons. The van der Waals surface area contributed by atoms with Gasteiger partial charge < -0.3 is 10.3 Å². The van der Waals surface area contributed by atoms with Crippen molar-refractivity contribution in [1.82, 2.24) is 9.55 Å². The van der Waals surface area contributed by atoms with Gasteiger partial charge >= 0.3 is 0 Å². The summed E-state index contributed by atoms with van der Waals surface area (Å²) in [6, 6.07) is 2.03. The fourth-order valence-electron chi connectivity index (χ4n) is 0.880. The van der Waals surface area contributed by atoms with Gasteiger partial charge in [0.05, 0.1) is 0 Å². The summed E-state index contributed by atoms with van der Waals surface area (Å²) in [5.41, 5.74) is 5.55. The molecule has 2 N–H and O–H groups in total. The molecule has 0 aliphatic heterocycles. The van der Waals surface area contributed by atoms with Crippen LogP contribution >= 0.6 is 0 Å². The number of nitriles is 1. The Balaban J connectivity index is 2.79. The van der Waals surface area contributed by atoms with E-state index in [1.165, 1.54) is 0 Å². The van der Waals surface area contributed by atoms with Crippen molar-refractivity contribution in [3.63, 3.8) is 0 Å². The Hall–Kier alpha value is -1.34. The molecule has 0 radical (unpaired) electrons. The largest absolute Gasteiger partial charge is 0.326 e. The van der Waals surface area contributed by atoms with E-state index in [0.717, 1.165) is 0 Å². The van der Waals surface area contributed by atoms with E-state index in [9.17, 15) is 0 Å². The summed E-state index contributed by atoms with van der Waals surface area (Å²) in [6.45, 7) is 2.53. The summed E-state index contributed by atoms with van der Waals surface area (Å²) < 4.78 is 1.74. The predicted molar refractivity (Wildman–Crippen MR) is 40.6 cm³/mol. The van der Waals surface area contributed by atoms with Crippen molar-refractivity contribution in [2.45, 2.75) is 19.5 Å². The lowest BCUT2D eigenvalue weighted by atomic mass is 10.3. The second-order valence-corrected chi connectivity index (χ2v) is 2.49. The maximum atomic E-state index is 8.55. The number of hydrogen-bond donors (Lipinski definition) is 1. The molecule has 1 rings (SSSR count). The van der Waals surface area contributed by atoms with Crippen molar-refractivity contribution in [2.24, 2.45) is 5.73 Å². The maximum Gasteiger partial charge on any atom is 0.212 e. The quantitative estimate of drug-likeness (QED) is 0.650. The zero-order chi connectivity index (χ0) is 8.27. The molecule has 0 bridgehead atoms. The fourth-order valence-corrected chi connectivity index (χ4v) is 0.880. The van der Waals surface area contributed by atoms with Gasteiger partial charge in [-0.2, -0.15) is 5.26 Å². The topological polar surface area (TPSA) is 67.6 Å². The molecule has 11 heavy (non-hydrogen) atoms. The molecule has 0 aliphatic rings. The van der Waals surface area contributed by atoms with Crippen LogP contribution in [0.4, 0.5) is 0 Å². The van der Waals surface area contributed by atoms with Crippen LogP contribution in [0.15, 0.2) is 12.4 Å². The van der Waals surface area contributed by atoms with Crippen LogP contribution in [0.25, 0.3) is 0 Å². The minimum atomic E-state index is 0.0521. The normalized spacial score (nSPS) is 12.5. The van der Waals surface area contributed by atoms with Crippen LogP contribution in [-0.2, 0) is 6.54 Å². The van der Waals surface area contributed by atoms with Crippen molar-refractivity contribution in [2.75, 3.05) is 0 Å². The number of nitrogens with zero attached hydrogens (tertiary/aromatic N) is 3. The molecule has 1 atom stereocenters. The van der Waals surface area contributed by atoms with Crippen LogP contribution in [-0.4, -0.2) is 15.6 Å². The van der Waals surface area contributed by atoms with Crippen LogP contribution in [0.5, 0.6) is 0 Å². The highest BCUT2D eigenvalue weighted by Gasteiger charge is 2.01. The van der Waals surface area contributed by atoms with Gasteiger partial charge in [-0.3, -0.25) is 0 Å². The van der Waals surface area contributed by atoms with Crippen molar-refractivity contribution >= 4 is 0 Å². The first kappa shape index (κ1) is 7.76. The van der Waals surface area contributed by atoms with Gasteiger partial charge in [-0.15, -0.1) is 0 Å². The Bertz CT molecular complexity index is 268. The first-order valence-electron chi connectivity index (χ1n) is 3.41. The third kappa shape index (κ3) is 1.79. The van der Waals surface area contributed by atoms with Gasteiger partial charge in [0.15, 0.2) is 0 Å². The van der Waals surface area contributed by atoms with Crippen molar-refractivity contribution in [1.29, 1.82) is 5.26 Å². The number of rotatable bonds is 2. The molecule has 0 aliphatic carbocycles. The molecule has 4 nitrogen and oxygen atoms in total. The molecule has 0 aromatic carbocycles. The highest BCUT2D eigenvalue weighted by Crippen LogP contribution is 1.95. The number of hydrogen-bond acceptors (Lipinski definition) is 3. The summed E-state index contributed by atoms with van der Waals surface area (Å²) in [7, 11) is 0. The van der Waals surface area contributed by atoms with E-state index in [1.54, 1.807) is 17.0 Å². The van der Waals surface area contributed by atoms with Crippen LogP contribution in [0, 0.1) is 11.3 Å². The lowest BCUT2D eigenvalue weighted by Gasteiger charge is -2.05. The molecule has 1 unspecified atom stereocenters. The van der Waals surface area contributed by atoms with E-state index in [0.29, 0.717) is 12.4 Å². The summed E-state index contributed by atoms with van der Waals surface area (Å²) in [4.78, 5) is 3.83. The Kier molecular flexibility index (Phi) is 2.24. The lowest BCUT2D eigenvalue weighted by molar-refractivity contribution is 0.584. The van der Waals surface area contributed by atoms with Crippen LogP contribution in [0.3, 0.4) is 0 Å². The van der Waals surface area contributed by atoms with Gasteiger partial charge in [-0.1, -0.05) is 0 Å². The molecule has 1 aromatic rings. The van der Waals surface area contributed by atoms with E-state index in [4.69, 9.17) is 11.0 Å². The molecule has 4 heteroatoms. The molecule has 0 saturated carbocycles. The maximum absolute atomic E-state index is 8.55. The zero-order valence-corrected chi connectivity index (χ0v) is 6.36. The Morgan fingerprint density at radius 3 is 3.18 bits per heavy atom. The minimum absolute atomic E-state index is 0.0521. The molecule has 1 aromatic heterocycles. The Morgan fingerprint density at radius 2 is 2.64 bits per heavy atom. The second kappa shape index (κ2) is 3.17. The fraction of sp³-hybridized carbons (Fsp3) is 0.429. The second-order valence-electron chi connectivity index (χ2n) is 2.49. The highest BCUT2D eigenvalue weighted by molar-refractivity contribution is 5.11. The van der Waals surface area contributed by atoms with Gasteiger partial charge in [0.25, 0.3) is 0 Å². The summed E-state index contributed by atoms with van der Waals surface area (Å²) in [5.74, 6) is 0.419. The summed E-state index contributed by atoms with van der Waals surface area (Å²) in [5, 5.41) is 8.55. The first-order valence-corrected chi connectivity index (χ1v) is 3.41. The van der Waals surface area contributed by atoms with Gasteiger partial charge in [0.2, 0.25) is 5.82 Å². The average molecular weight is 150 g/mol. The number of imidazole rings is 1. The Morgan fingerprint density at radius 1 is 1.91 bits per heavy atom. The Labute approximate surface area is 65.3 Å². The predicted octanol–water partition coefficient (Wildman–Crippen LogP) is 0.102. The molecule has 0 saturated heterocycles. The van der Waals surface area contributed by atoms with Crippen LogP contribution in [0.1, 0.15) is 12.7 Å². The molecular formula is C7H10N4. The average Bonchev–Trinajstić information content (AvgIpc) is 2.34. The third-order valence-electron chi connectivity index (χ3n) is 1.30. The lowest BCUT2D eigenvalue weighted by Crippen LogP contribution is -2.22. The standard InChI is InChI=1S/C7H10N4/c1-6(9)5-11-3-2-10-7(11)4-8/h2-3,6H,5,9H2,1H3. The van der Waals surface area contributed by atoms with Gasteiger partial charge in [0, 0.05) is 25.0 Å². The van der Waals surface area contributed by atoms with E-state index in [2.05, 4.69) is 4.98 Å². The van der Waals surface area contributed by atoms with E-state index >= 15 is 0 Å². The summed E-state index contributed by atoms with van der Waals surface area (Å²) in [6.07, 6.45) is 3.35. The zero-order valence-electron chi connectivity index (χ0n) is 6.36. The highest BCUT2D eigenvalue weighted by atomic mass is 15.1. The molecule has 0 amide bonds. The van der Waals surface area contributed by atoms with Crippen molar-refractivity contribution < 1.29 is 0 Å². The van der Waals surface area contributed by atoms with Gasteiger partial charge in [-0.25, -0.2) is 4.98 Å². The minimum Gasteiger partial charge on any atom is -0.326 e. The number of aromatic nitrogens is 2. The van der Waals surface area contributed by atoms with E-state index in [-0.39, 0.29) is 6.04 Å². The molecule has 1 heterocycles. The monoisotopic (exact) mass is 150 g/mol. The molecule has 0 fully saturated rings. The molecular weight excluding hydrogens is 140 g/mol. The van der Waals surface area contributed by atoms with Crippen molar-refractivity contribution in [3.8, 4) is 6.07 Å². The first-order chi connectivity index (χ1) is 5.24. The third-order valence-corrected chi connectivity index (χ3v) is 1.30.